The van der Waals surface area contributed by atoms with Gasteiger partial charge in [-0.05, 0) is 25.7 Å². The Morgan fingerprint density at radius 3 is 2.00 bits per heavy atom. The van der Waals surface area contributed by atoms with Crippen LogP contribution in [0.2, 0.25) is 0 Å². The summed E-state index contributed by atoms with van der Waals surface area (Å²) >= 11 is 1.84. The van der Waals surface area contributed by atoms with Crippen LogP contribution in [-0.4, -0.2) is 14.6 Å². The molecule has 0 saturated heterocycles. The Balaban J connectivity index is 1.53. The molecular weight excluding hydrogens is 290 g/mol. The molecule has 0 unspecified atom stereocenters. The summed E-state index contributed by atoms with van der Waals surface area (Å²) in [7, 11) is 0. The molecule has 3 nitrogen and oxygen atoms in total. The van der Waals surface area contributed by atoms with Crippen LogP contribution < -0.4 is 0 Å². The van der Waals surface area contributed by atoms with Gasteiger partial charge < -0.3 is 0 Å². The number of hydrogen-bond donors (Lipinski definition) is 0. The minimum Gasteiger partial charge on any atom is -0.222 e. The number of hydrogen-bond acceptors (Lipinski definition) is 3. The van der Waals surface area contributed by atoms with Crippen LogP contribution in [0.4, 0.5) is 0 Å². The summed E-state index contributed by atoms with van der Waals surface area (Å²) in [5.74, 6) is 1.37. The van der Waals surface area contributed by atoms with Gasteiger partial charge in [0, 0.05) is 11.8 Å². The average Bonchev–Trinajstić information content (AvgIpc) is 2.87. The molecule has 0 bridgehead atoms. The number of nitrogens with zero attached hydrogens (tertiary/aromatic N) is 3. The van der Waals surface area contributed by atoms with Gasteiger partial charge in [-0.15, -0.1) is 0 Å². The summed E-state index contributed by atoms with van der Waals surface area (Å²) < 4.78 is 2.07. The Morgan fingerprint density at radius 1 is 0.818 bits per heavy atom. The third kappa shape index (κ3) is 3.08. The van der Waals surface area contributed by atoms with Gasteiger partial charge in [-0.3, -0.25) is 0 Å². The van der Waals surface area contributed by atoms with E-state index in [9.17, 15) is 0 Å². The second-order valence-electron chi connectivity index (χ2n) is 7.21. The van der Waals surface area contributed by atoms with Crippen LogP contribution in [0, 0.1) is 0 Å². The Kier molecular flexibility index (Phi) is 4.47. The first-order valence-electron chi connectivity index (χ1n) is 9.26. The van der Waals surface area contributed by atoms with Crippen molar-refractivity contribution in [2.75, 3.05) is 0 Å². The molecule has 0 amide bonds. The first-order valence-corrected chi connectivity index (χ1v) is 10.1. The van der Waals surface area contributed by atoms with Crippen LogP contribution in [0.3, 0.4) is 0 Å². The highest BCUT2D eigenvalue weighted by atomic mass is 32.1. The van der Waals surface area contributed by atoms with Crippen LogP contribution in [0.1, 0.15) is 99.6 Å². The predicted octanol–water partition coefficient (Wildman–Crippen LogP) is 5.67. The second kappa shape index (κ2) is 6.69. The van der Waals surface area contributed by atoms with Crippen molar-refractivity contribution >= 4 is 16.3 Å². The maximum Gasteiger partial charge on any atom is 0.212 e. The average molecular weight is 318 g/mol. The van der Waals surface area contributed by atoms with Crippen LogP contribution in [0.15, 0.2) is 6.20 Å². The maximum atomic E-state index is 4.94. The van der Waals surface area contributed by atoms with Crippen molar-refractivity contribution in [1.29, 1.82) is 0 Å². The molecule has 2 aliphatic rings. The zero-order valence-corrected chi connectivity index (χ0v) is 14.3. The van der Waals surface area contributed by atoms with Gasteiger partial charge in [-0.2, -0.15) is 5.10 Å². The lowest BCUT2D eigenvalue weighted by atomic mass is 9.97. The summed E-state index contributed by atoms with van der Waals surface area (Å²) in [6, 6.07) is 0. The lowest BCUT2D eigenvalue weighted by Crippen LogP contribution is -1.99. The van der Waals surface area contributed by atoms with Gasteiger partial charge >= 0.3 is 0 Å². The lowest BCUT2D eigenvalue weighted by molar-refractivity contribution is 0.575. The topological polar surface area (TPSA) is 30.2 Å². The van der Waals surface area contributed by atoms with E-state index in [2.05, 4.69) is 10.7 Å². The van der Waals surface area contributed by atoms with Gasteiger partial charge in [0.25, 0.3) is 0 Å². The van der Waals surface area contributed by atoms with Crippen LogP contribution >= 0.6 is 11.3 Å². The van der Waals surface area contributed by atoms with Crippen LogP contribution in [0.25, 0.3) is 4.96 Å². The lowest BCUT2D eigenvalue weighted by Gasteiger charge is -2.10. The highest BCUT2D eigenvalue weighted by Gasteiger charge is 2.22. The third-order valence-corrected chi connectivity index (χ3v) is 6.64. The molecular formula is C18H27N3S. The highest BCUT2D eigenvalue weighted by molar-refractivity contribution is 7.16. The first kappa shape index (κ1) is 14.7. The Morgan fingerprint density at radius 2 is 1.41 bits per heavy atom. The molecule has 0 N–H and O–H groups in total. The van der Waals surface area contributed by atoms with E-state index >= 15 is 0 Å². The Hall–Kier alpha value is -0.900. The molecule has 120 valence electrons. The summed E-state index contributed by atoms with van der Waals surface area (Å²) in [6.45, 7) is 0. The third-order valence-electron chi connectivity index (χ3n) is 5.56. The molecule has 2 fully saturated rings. The van der Waals surface area contributed by atoms with Gasteiger partial charge in [0.1, 0.15) is 5.01 Å². The van der Waals surface area contributed by atoms with E-state index in [1.54, 1.807) is 0 Å². The summed E-state index contributed by atoms with van der Waals surface area (Å²) in [5, 5.41) is 6.22. The smallest absolute Gasteiger partial charge is 0.212 e. The monoisotopic (exact) mass is 317 g/mol. The summed E-state index contributed by atoms with van der Waals surface area (Å²) in [6.07, 6.45) is 18.6. The van der Waals surface area contributed by atoms with E-state index in [-0.39, 0.29) is 0 Å². The van der Waals surface area contributed by atoms with E-state index in [4.69, 9.17) is 10.1 Å². The molecule has 2 heterocycles. The van der Waals surface area contributed by atoms with Gasteiger partial charge in [-0.1, -0.05) is 62.7 Å². The van der Waals surface area contributed by atoms with Gasteiger partial charge in [0.2, 0.25) is 4.96 Å². The van der Waals surface area contributed by atoms with Crippen molar-refractivity contribution < 1.29 is 0 Å². The van der Waals surface area contributed by atoms with Gasteiger partial charge in [0.15, 0.2) is 0 Å². The van der Waals surface area contributed by atoms with E-state index in [1.807, 2.05) is 11.3 Å². The minimum atomic E-state index is 0.678. The number of fused-ring (bicyclic) bond motifs is 1. The van der Waals surface area contributed by atoms with Crippen molar-refractivity contribution in [3.05, 3.63) is 16.9 Å². The molecule has 2 aromatic rings. The van der Waals surface area contributed by atoms with Crippen LogP contribution in [-0.2, 0) is 0 Å². The quantitative estimate of drug-likeness (QED) is 0.668. The van der Waals surface area contributed by atoms with Crippen molar-refractivity contribution in [1.82, 2.24) is 14.6 Å². The largest absolute Gasteiger partial charge is 0.222 e. The molecule has 22 heavy (non-hydrogen) atoms. The number of aromatic nitrogens is 3. The SMILES string of the molecule is c1c(C2CCCCCC2)nc2sc(C3CCCCCC3)nn12. The fraction of sp³-hybridized carbons (Fsp3) is 0.778. The second-order valence-corrected chi connectivity index (χ2v) is 8.20. The predicted molar refractivity (Wildman–Crippen MR) is 91.8 cm³/mol. The standard InChI is InChI=1S/C18H27N3S/c1-2-6-10-14(9-5-1)16-13-21-18(19-16)22-17(20-21)15-11-7-3-4-8-12-15/h13-15H,1-12H2. The van der Waals surface area contributed by atoms with Gasteiger partial charge in [-0.25, -0.2) is 9.50 Å². The number of imidazole rings is 1. The van der Waals surface area contributed by atoms with Crippen molar-refractivity contribution in [3.63, 3.8) is 0 Å². The number of rotatable bonds is 2. The molecule has 0 aliphatic heterocycles. The fourth-order valence-electron chi connectivity index (χ4n) is 4.20. The first-order chi connectivity index (χ1) is 10.9. The van der Waals surface area contributed by atoms with Crippen molar-refractivity contribution in [3.8, 4) is 0 Å². The summed E-state index contributed by atoms with van der Waals surface area (Å²) in [4.78, 5) is 6.06. The van der Waals surface area contributed by atoms with Crippen molar-refractivity contribution in [2.24, 2.45) is 0 Å². The molecule has 4 heteroatoms. The normalized spacial score (nSPS) is 22.7. The van der Waals surface area contributed by atoms with E-state index in [1.165, 1.54) is 87.8 Å². The van der Waals surface area contributed by atoms with Crippen LogP contribution in [0.5, 0.6) is 0 Å². The Bertz CT molecular complexity index is 518. The zero-order valence-electron chi connectivity index (χ0n) is 13.5. The Labute approximate surface area is 137 Å². The van der Waals surface area contributed by atoms with E-state index < -0.39 is 0 Å². The molecule has 4 rings (SSSR count). The molecule has 2 saturated carbocycles. The molecule has 0 aromatic carbocycles. The van der Waals surface area contributed by atoms with E-state index in [0.717, 1.165) is 4.96 Å². The molecule has 0 atom stereocenters. The molecule has 0 radical (unpaired) electrons. The van der Waals surface area contributed by atoms with Crippen molar-refractivity contribution in [2.45, 2.75) is 88.9 Å². The maximum absolute atomic E-state index is 4.94. The van der Waals surface area contributed by atoms with Gasteiger partial charge in [0.05, 0.1) is 11.9 Å². The zero-order chi connectivity index (χ0) is 14.8. The molecule has 2 aromatic heterocycles. The summed E-state index contributed by atoms with van der Waals surface area (Å²) in [5.41, 5.74) is 1.30. The minimum absolute atomic E-state index is 0.678. The molecule has 0 spiro atoms. The highest BCUT2D eigenvalue weighted by Crippen LogP contribution is 2.35. The fourth-order valence-corrected chi connectivity index (χ4v) is 5.25. The molecule has 2 aliphatic carbocycles. The van der Waals surface area contributed by atoms with E-state index in [0.29, 0.717) is 11.8 Å².